The summed E-state index contributed by atoms with van der Waals surface area (Å²) in [5, 5.41) is 5.58. The van der Waals surface area contributed by atoms with E-state index in [1.165, 1.54) is 0 Å². The summed E-state index contributed by atoms with van der Waals surface area (Å²) in [6, 6.07) is 18.4. The Morgan fingerprint density at radius 2 is 1.12 bits per heavy atom. The molecule has 4 nitrogen and oxygen atoms in total. The second kappa shape index (κ2) is 5.04. The van der Waals surface area contributed by atoms with Gasteiger partial charge in [-0.2, -0.15) is 0 Å². The number of rotatable bonds is 4. The summed E-state index contributed by atoms with van der Waals surface area (Å²) >= 11 is 0. The van der Waals surface area contributed by atoms with Crippen molar-refractivity contribution in [3.63, 3.8) is 0 Å². The fraction of sp³-hybridized carbons (Fsp3) is 0. The van der Waals surface area contributed by atoms with Crippen molar-refractivity contribution >= 4 is 19.0 Å². The van der Waals surface area contributed by atoms with Crippen LogP contribution in [0.25, 0.3) is 0 Å². The van der Waals surface area contributed by atoms with Crippen molar-refractivity contribution in [1.29, 1.82) is 0 Å². The van der Waals surface area contributed by atoms with E-state index in [-0.39, 0.29) is 0 Å². The summed E-state index contributed by atoms with van der Waals surface area (Å²) in [5.41, 5.74) is 7.16. The number of para-hydroxylation sites is 2. The maximum Gasteiger partial charge on any atom is 0.325 e. The summed E-state index contributed by atoms with van der Waals surface area (Å²) < 4.78 is 12.1. The SMILES string of the molecule is NP(=O)(Nc1ccccc1)Nc1ccccc1. The van der Waals surface area contributed by atoms with E-state index in [0.29, 0.717) is 0 Å². The Morgan fingerprint density at radius 3 is 1.47 bits per heavy atom. The van der Waals surface area contributed by atoms with E-state index in [4.69, 9.17) is 5.50 Å². The van der Waals surface area contributed by atoms with Crippen molar-refractivity contribution in [1.82, 2.24) is 0 Å². The highest BCUT2D eigenvalue weighted by Crippen LogP contribution is 2.36. The summed E-state index contributed by atoms with van der Waals surface area (Å²) in [6.45, 7) is 0. The molecule has 0 bridgehead atoms. The van der Waals surface area contributed by atoms with Gasteiger partial charge in [-0.15, -0.1) is 0 Å². The lowest BCUT2D eigenvalue weighted by Crippen LogP contribution is -2.13. The average molecular weight is 247 g/mol. The number of nitrogens with two attached hydrogens (primary N) is 1. The Balaban J connectivity index is 2.07. The lowest BCUT2D eigenvalue weighted by Gasteiger charge is -2.17. The molecule has 2 aromatic carbocycles. The van der Waals surface area contributed by atoms with Crippen molar-refractivity contribution in [3.8, 4) is 0 Å². The van der Waals surface area contributed by atoms with Gasteiger partial charge in [-0.25, -0.2) is 5.50 Å². The Morgan fingerprint density at radius 1 is 0.765 bits per heavy atom. The van der Waals surface area contributed by atoms with Gasteiger partial charge in [-0.1, -0.05) is 36.4 Å². The lowest BCUT2D eigenvalue weighted by atomic mass is 10.3. The second-order valence-electron chi connectivity index (χ2n) is 3.61. The zero-order valence-corrected chi connectivity index (χ0v) is 10.1. The zero-order chi connectivity index (χ0) is 12.1. The Hall–Kier alpha value is -1.77. The molecule has 4 N–H and O–H groups in total. The van der Waals surface area contributed by atoms with E-state index in [9.17, 15) is 4.57 Å². The number of nitrogens with one attached hydrogen (secondary N) is 2. The Bertz CT molecular complexity index is 470. The van der Waals surface area contributed by atoms with Crippen molar-refractivity contribution in [2.75, 3.05) is 10.2 Å². The fourth-order valence-corrected chi connectivity index (χ4v) is 2.56. The van der Waals surface area contributed by atoms with Crippen LogP contribution in [0.15, 0.2) is 60.7 Å². The molecule has 0 heterocycles. The largest absolute Gasteiger partial charge is 0.325 e. The summed E-state index contributed by atoms with van der Waals surface area (Å²) in [7, 11) is -3.14. The third-order valence-electron chi connectivity index (χ3n) is 2.14. The van der Waals surface area contributed by atoms with Crippen LogP contribution in [0.4, 0.5) is 11.4 Å². The molecule has 0 spiro atoms. The monoisotopic (exact) mass is 247 g/mol. The first-order valence-corrected chi connectivity index (χ1v) is 6.99. The summed E-state index contributed by atoms with van der Waals surface area (Å²) in [5.74, 6) is 0. The third kappa shape index (κ3) is 3.63. The van der Waals surface area contributed by atoms with Crippen molar-refractivity contribution in [2.45, 2.75) is 0 Å². The second-order valence-corrected chi connectivity index (χ2v) is 5.38. The van der Waals surface area contributed by atoms with E-state index >= 15 is 0 Å². The van der Waals surface area contributed by atoms with Crippen LogP contribution in [0.5, 0.6) is 0 Å². The number of anilines is 2. The number of benzene rings is 2. The molecule has 0 unspecified atom stereocenters. The molecular formula is C12H14N3OP. The molecule has 17 heavy (non-hydrogen) atoms. The molecule has 0 aliphatic carbocycles. The van der Waals surface area contributed by atoms with Crippen LogP contribution < -0.4 is 15.7 Å². The quantitative estimate of drug-likeness (QED) is 0.725. The van der Waals surface area contributed by atoms with E-state index in [2.05, 4.69) is 10.2 Å². The maximum atomic E-state index is 12.1. The van der Waals surface area contributed by atoms with Gasteiger partial charge in [-0.05, 0) is 24.3 Å². The molecule has 0 amide bonds. The molecule has 88 valence electrons. The minimum atomic E-state index is -3.14. The van der Waals surface area contributed by atoms with Gasteiger partial charge in [0.15, 0.2) is 0 Å². The Labute approximate surface area is 100 Å². The molecule has 0 aromatic heterocycles. The number of hydrogen-bond acceptors (Lipinski definition) is 1. The first-order chi connectivity index (χ1) is 8.16. The van der Waals surface area contributed by atoms with Crippen LogP contribution in [-0.2, 0) is 4.57 Å². The first kappa shape index (κ1) is 11.7. The van der Waals surface area contributed by atoms with Crippen molar-refractivity contribution < 1.29 is 4.57 Å². The van der Waals surface area contributed by atoms with Gasteiger partial charge in [-0.3, -0.25) is 4.57 Å². The van der Waals surface area contributed by atoms with Gasteiger partial charge < -0.3 is 10.2 Å². The molecule has 5 heteroatoms. The summed E-state index contributed by atoms with van der Waals surface area (Å²) in [6.07, 6.45) is 0. The highest BCUT2D eigenvalue weighted by molar-refractivity contribution is 7.64. The highest BCUT2D eigenvalue weighted by Gasteiger charge is 2.14. The van der Waals surface area contributed by atoms with Crippen LogP contribution >= 0.6 is 7.59 Å². The van der Waals surface area contributed by atoms with Gasteiger partial charge in [0.1, 0.15) is 0 Å². The smallest absolute Gasteiger partial charge is 0.309 e. The molecule has 0 saturated carbocycles. The first-order valence-electron chi connectivity index (χ1n) is 5.21. The van der Waals surface area contributed by atoms with E-state index in [1.807, 2.05) is 60.7 Å². The minimum Gasteiger partial charge on any atom is -0.309 e. The van der Waals surface area contributed by atoms with Crippen LogP contribution in [0.3, 0.4) is 0 Å². The van der Waals surface area contributed by atoms with E-state index < -0.39 is 7.59 Å². The van der Waals surface area contributed by atoms with Gasteiger partial charge in [0, 0.05) is 11.4 Å². The standard InChI is InChI=1S/C12H14N3OP/c13-17(16,14-11-7-3-1-4-8-11)15-12-9-5-2-6-10-12/h1-10H,(H4,13,14,15,16). The molecule has 0 aliphatic heterocycles. The van der Waals surface area contributed by atoms with Gasteiger partial charge in [0.2, 0.25) is 0 Å². The minimum absolute atomic E-state index is 0.724. The lowest BCUT2D eigenvalue weighted by molar-refractivity contribution is 0.582. The molecule has 2 aromatic rings. The van der Waals surface area contributed by atoms with Crippen LogP contribution in [0.2, 0.25) is 0 Å². The summed E-state index contributed by atoms with van der Waals surface area (Å²) in [4.78, 5) is 0. The molecule has 2 rings (SSSR count). The molecule has 0 saturated heterocycles. The predicted octanol–water partition coefficient (Wildman–Crippen LogP) is 3.28. The maximum absolute atomic E-state index is 12.1. The molecule has 0 radical (unpaired) electrons. The average Bonchev–Trinajstić information content (AvgIpc) is 2.30. The van der Waals surface area contributed by atoms with Crippen LogP contribution in [0.1, 0.15) is 0 Å². The van der Waals surface area contributed by atoms with Crippen LogP contribution in [0, 0.1) is 0 Å². The molecule has 0 fully saturated rings. The normalized spacial score (nSPS) is 10.9. The van der Waals surface area contributed by atoms with E-state index in [1.54, 1.807) is 0 Å². The fourth-order valence-electron chi connectivity index (χ4n) is 1.44. The van der Waals surface area contributed by atoms with Crippen LogP contribution in [-0.4, -0.2) is 0 Å². The number of hydrogen-bond donors (Lipinski definition) is 3. The van der Waals surface area contributed by atoms with Gasteiger partial charge in [0.05, 0.1) is 0 Å². The Kier molecular flexibility index (Phi) is 3.47. The van der Waals surface area contributed by atoms with Gasteiger partial charge >= 0.3 is 7.59 Å². The predicted molar refractivity (Wildman–Crippen MR) is 71.9 cm³/mol. The van der Waals surface area contributed by atoms with E-state index in [0.717, 1.165) is 11.4 Å². The molecular weight excluding hydrogens is 233 g/mol. The van der Waals surface area contributed by atoms with Gasteiger partial charge in [0.25, 0.3) is 0 Å². The zero-order valence-electron chi connectivity index (χ0n) is 9.21. The van der Waals surface area contributed by atoms with Crippen molar-refractivity contribution in [3.05, 3.63) is 60.7 Å². The molecule has 0 aliphatic rings. The third-order valence-corrected chi connectivity index (χ3v) is 3.32. The van der Waals surface area contributed by atoms with Crippen molar-refractivity contribution in [2.24, 2.45) is 5.50 Å². The topological polar surface area (TPSA) is 67.2 Å². The highest BCUT2D eigenvalue weighted by atomic mass is 31.2. The molecule has 0 atom stereocenters.